The molecule has 1 N–H and O–H groups in total. The standard InChI is InChI=1S/C21H22F2N4O2/c1-14-13-25(19-5-3-2-4-18(19)23)10-11-26(14)20(28)16-12-15(6-7-17(16)22)27-9-8-24-21(27)29/h2-7,12,14H,8-11,13H2,1H3,(H,24,29). The van der Waals surface area contributed by atoms with Crippen molar-refractivity contribution in [3.05, 3.63) is 59.7 Å². The van der Waals surface area contributed by atoms with Gasteiger partial charge in [0.15, 0.2) is 0 Å². The van der Waals surface area contributed by atoms with Crippen molar-refractivity contribution in [1.82, 2.24) is 10.2 Å². The van der Waals surface area contributed by atoms with Crippen LogP contribution in [0.25, 0.3) is 0 Å². The van der Waals surface area contributed by atoms with E-state index in [0.29, 0.717) is 44.1 Å². The highest BCUT2D eigenvalue weighted by atomic mass is 19.1. The largest absolute Gasteiger partial charge is 0.365 e. The molecular weight excluding hydrogens is 378 g/mol. The van der Waals surface area contributed by atoms with Gasteiger partial charge >= 0.3 is 6.03 Å². The van der Waals surface area contributed by atoms with Gasteiger partial charge in [-0.15, -0.1) is 0 Å². The van der Waals surface area contributed by atoms with E-state index in [4.69, 9.17) is 0 Å². The minimum atomic E-state index is -0.623. The lowest BCUT2D eigenvalue weighted by Gasteiger charge is -2.41. The molecular formula is C21H22F2N4O2. The summed E-state index contributed by atoms with van der Waals surface area (Å²) in [4.78, 5) is 29.9. The number of nitrogens with one attached hydrogen (secondary N) is 1. The van der Waals surface area contributed by atoms with E-state index in [0.717, 1.165) is 0 Å². The van der Waals surface area contributed by atoms with Gasteiger partial charge in [-0.3, -0.25) is 9.69 Å². The first-order chi connectivity index (χ1) is 14.0. The average Bonchev–Trinajstić information content (AvgIpc) is 3.14. The predicted molar refractivity (Wildman–Crippen MR) is 106 cm³/mol. The number of carbonyl (C=O) groups is 2. The Kier molecular flexibility index (Phi) is 5.08. The number of hydrogen-bond donors (Lipinski definition) is 1. The molecule has 6 nitrogen and oxygen atoms in total. The number of halogens is 2. The number of carbonyl (C=O) groups excluding carboxylic acids is 2. The van der Waals surface area contributed by atoms with Crippen molar-refractivity contribution in [2.75, 3.05) is 42.5 Å². The van der Waals surface area contributed by atoms with Crippen molar-refractivity contribution in [3.8, 4) is 0 Å². The van der Waals surface area contributed by atoms with Crippen LogP contribution in [0.5, 0.6) is 0 Å². The van der Waals surface area contributed by atoms with E-state index in [1.807, 2.05) is 11.8 Å². The van der Waals surface area contributed by atoms with Crippen molar-refractivity contribution >= 4 is 23.3 Å². The minimum absolute atomic E-state index is 0.0617. The Labute approximate surface area is 167 Å². The lowest BCUT2D eigenvalue weighted by molar-refractivity contribution is 0.0669. The van der Waals surface area contributed by atoms with Crippen molar-refractivity contribution < 1.29 is 18.4 Å². The smallest absolute Gasteiger partial charge is 0.321 e. The zero-order valence-corrected chi connectivity index (χ0v) is 16.1. The summed E-state index contributed by atoms with van der Waals surface area (Å²) in [5.41, 5.74) is 0.926. The van der Waals surface area contributed by atoms with Gasteiger partial charge in [0.05, 0.1) is 11.3 Å². The SMILES string of the molecule is CC1CN(c2ccccc2F)CCN1C(=O)c1cc(N2CCNC2=O)ccc1F. The lowest BCUT2D eigenvalue weighted by atomic mass is 10.1. The number of anilines is 2. The Hall–Kier alpha value is -3.16. The molecule has 29 heavy (non-hydrogen) atoms. The van der Waals surface area contributed by atoms with Crippen LogP contribution in [-0.2, 0) is 0 Å². The second-order valence-electron chi connectivity index (χ2n) is 7.29. The average molecular weight is 400 g/mol. The Morgan fingerprint density at radius 1 is 1.07 bits per heavy atom. The van der Waals surface area contributed by atoms with Crippen molar-refractivity contribution in [1.29, 1.82) is 0 Å². The number of piperazine rings is 1. The maximum atomic E-state index is 14.5. The van der Waals surface area contributed by atoms with Gasteiger partial charge in [-0.1, -0.05) is 12.1 Å². The van der Waals surface area contributed by atoms with Crippen LogP contribution in [-0.4, -0.2) is 55.6 Å². The predicted octanol–water partition coefficient (Wildman–Crippen LogP) is 2.85. The van der Waals surface area contributed by atoms with Gasteiger partial charge in [0.2, 0.25) is 0 Å². The van der Waals surface area contributed by atoms with E-state index in [2.05, 4.69) is 5.32 Å². The fraction of sp³-hybridized carbons (Fsp3) is 0.333. The molecule has 1 unspecified atom stereocenters. The fourth-order valence-electron chi connectivity index (χ4n) is 3.90. The molecule has 1 atom stereocenters. The van der Waals surface area contributed by atoms with Crippen LogP contribution in [0.1, 0.15) is 17.3 Å². The van der Waals surface area contributed by atoms with Crippen LogP contribution in [0.4, 0.5) is 25.0 Å². The number of benzene rings is 2. The van der Waals surface area contributed by atoms with Crippen LogP contribution in [0.15, 0.2) is 42.5 Å². The first kappa shape index (κ1) is 19.2. The molecule has 0 aromatic heterocycles. The third kappa shape index (κ3) is 3.62. The van der Waals surface area contributed by atoms with Gasteiger partial charge in [-0.25, -0.2) is 13.6 Å². The summed E-state index contributed by atoms with van der Waals surface area (Å²) in [6.45, 7) is 4.09. The van der Waals surface area contributed by atoms with Crippen LogP contribution in [0.3, 0.4) is 0 Å². The van der Waals surface area contributed by atoms with Crippen LogP contribution in [0.2, 0.25) is 0 Å². The summed E-state index contributed by atoms with van der Waals surface area (Å²) < 4.78 is 28.5. The molecule has 0 spiro atoms. The fourth-order valence-corrected chi connectivity index (χ4v) is 3.90. The Balaban J connectivity index is 1.53. The third-order valence-electron chi connectivity index (χ3n) is 5.43. The lowest BCUT2D eigenvalue weighted by Crippen LogP contribution is -2.54. The molecule has 2 heterocycles. The topological polar surface area (TPSA) is 55.9 Å². The van der Waals surface area contributed by atoms with E-state index in [9.17, 15) is 18.4 Å². The molecule has 4 rings (SSSR count). The summed E-state index contributed by atoms with van der Waals surface area (Å²) in [7, 11) is 0. The van der Waals surface area contributed by atoms with Crippen molar-refractivity contribution in [2.24, 2.45) is 0 Å². The monoisotopic (exact) mass is 400 g/mol. The first-order valence-electron chi connectivity index (χ1n) is 9.61. The Morgan fingerprint density at radius 2 is 1.86 bits per heavy atom. The maximum absolute atomic E-state index is 14.5. The molecule has 152 valence electrons. The second-order valence-corrected chi connectivity index (χ2v) is 7.29. The molecule has 3 amide bonds. The number of urea groups is 1. The van der Waals surface area contributed by atoms with Gasteiger partial charge in [0.1, 0.15) is 11.6 Å². The quantitative estimate of drug-likeness (QED) is 0.862. The molecule has 2 aromatic carbocycles. The first-order valence-corrected chi connectivity index (χ1v) is 9.61. The summed E-state index contributed by atoms with van der Waals surface area (Å²) in [6.07, 6.45) is 0. The third-order valence-corrected chi connectivity index (χ3v) is 5.43. The molecule has 2 aliphatic rings. The number of para-hydroxylation sites is 1. The van der Waals surface area contributed by atoms with Crippen molar-refractivity contribution in [2.45, 2.75) is 13.0 Å². The summed E-state index contributed by atoms with van der Waals surface area (Å²) in [5.74, 6) is -1.35. The highest BCUT2D eigenvalue weighted by Gasteiger charge is 2.31. The summed E-state index contributed by atoms with van der Waals surface area (Å²) >= 11 is 0. The number of hydrogen-bond acceptors (Lipinski definition) is 3. The van der Waals surface area contributed by atoms with E-state index < -0.39 is 11.7 Å². The summed E-state index contributed by atoms with van der Waals surface area (Å²) in [5, 5.41) is 2.69. The van der Waals surface area contributed by atoms with Crippen LogP contribution in [0, 0.1) is 11.6 Å². The van der Waals surface area contributed by atoms with Gasteiger partial charge in [0.25, 0.3) is 5.91 Å². The summed E-state index contributed by atoms with van der Waals surface area (Å²) in [6, 6.07) is 10.2. The zero-order chi connectivity index (χ0) is 20.5. The molecule has 2 aromatic rings. The van der Waals surface area contributed by atoms with Gasteiger partial charge in [-0.05, 0) is 37.3 Å². The molecule has 2 saturated heterocycles. The van der Waals surface area contributed by atoms with E-state index in [-0.39, 0.29) is 23.5 Å². The number of rotatable bonds is 3. The Bertz CT molecular complexity index is 952. The molecule has 0 bridgehead atoms. The molecule has 2 aliphatic heterocycles. The van der Waals surface area contributed by atoms with Crippen molar-refractivity contribution in [3.63, 3.8) is 0 Å². The maximum Gasteiger partial charge on any atom is 0.321 e. The highest BCUT2D eigenvalue weighted by Crippen LogP contribution is 2.26. The zero-order valence-electron chi connectivity index (χ0n) is 16.1. The minimum Gasteiger partial charge on any atom is -0.365 e. The molecule has 0 saturated carbocycles. The van der Waals surface area contributed by atoms with E-state index in [1.54, 1.807) is 23.1 Å². The molecule has 2 fully saturated rings. The van der Waals surface area contributed by atoms with Crippen LogP contribution >= 0.6 is 0 Å². The number of nitrogens with zero attached hydrogens (tertiary/aromatic N) is 3. The second kappa shape index (κ2) is 7.69. The van der Waals surface area contributed by atoms with E-state index in [1.165, 1.54) is 29.2 Å². The van der Waals surface area contributed by atoms with Gasteiger partial charge < -0.3 is 15.1 Å². The van der Waals surface area contributed by atoms with Gasteiger partial charge in [-0.2, -0.15) is 0 Å². The normalized spacial score (nSPS) is 19.5. The number of amides is 3. The van der Waals surface area contributed by atoms with E-state index >= 15 is 0 Å². The highest BCUT2D eigenvalue weighted by molar-refractivity contribution is 5.99. The van der Waals surface area contributed by atoms with Crippen LogP contribution < -0.4 is 15.1 Å². The Morgan fingerprint density at radius 3 is 2.55 bits per heavy atom. The van der Waals surface area contributed by atoms with Gasteiger partial charge in [0, 0.05) is 44.5 Å². The molecule has 8 heteroatoms. The molecule has 0 aliphatic carbocycles. The molecule has 0 radical (unpaired) electrons.